The van der Waals surface area contributed by atoms with Crippen LogP contribution in [0.2, 0.25) is 0 Å². The summed E-state index contributed by atoms with van der Waals surface area (Å²) >= 11 is 0. The first-order chi connectivity index (χ1) is 10.1. The first kappa shape index (κ1) is 16.1. The third kappa shape index (κ3) is 4.09. The van der Waals surface area contributed by atoms with Crippen LogP contribution in [0, 0.1) is 0 Å². The summed E-state index contributed by atoms with van der Waals surface area (Å²) in [4.78, 5) is 29.8. The Labute approximate surface area is 127 Å². The van der Waals surface area contributed by atoms with Crippen molar-refractivity contribution in [3.63, 3.8) is 0 Å². The molecular weight excluding hydrogens is 268 g/mol. The molecule has 0 aromatic heterocycles. The van der Waals surface area contributed by atoms with Gasteiger partial charge in [-0.25, -0.2) is 4.79 Å². The summed E-state index contributed by atoms with van der Waals surface area (Å²) in [6, 6.07) is -0.818. The Morgan fingerprint density at radius 3 is 2.48 bits per heavy atom. The third-order valence-electron chi connectivity index (χ3n) is 4.65. The van der Waals surface area contributed by atoms with Crippen molar-refractivity contribution in [3.05, 3.63) is 0 Å². The molecule has 2 heterocycles. The molecule has 0 bridgehead atoms. The van der Waals surface area contributed by atoms with E-state index in [1.54, 1.807) is 0 Å². The van der Waals surface area contributed by atoms with Crippen molar-refractivity contribution in [1.29, 1.82) is 0 Å². The average Bonchev–Trinajstić information content (AvgIpc) is 2.98. The summed E-state index contributed by atoms with van der Waals surface area (Å²) in [5, 5.41) is 0. The van der Waals surface area contributed by atoms with Crippen LogP contribution in [0.3, 0.4) is 0 Å². The van der Waals surface area contributed by atoms with E-state index in [1.807, 2.05) is 11.8 Å². The van der Waals surface area contributed by atoms with Crippen LogP contribution in [0.5, 0.6) is 0 Å². The molecule has 2 N–H and O–H groups in total. The lowest BCUT2D eigenvalue weighted by atomic mass is 10.1. The number of amides is 3. The molecule has 120 valence electrons. The van der Waals surface area contributed by atoms with Crippen LogP contribution in [-0.4, -0.2) is 71.9 Å². The van der Waals surface area contributed by atoms with E-state index in [-0.39, 0.29) is 11.9 Å². The van der Waals surface area contributed by atoms with Gasteiger partial charge in [-0.1, -0.05) is 6.42 Å². The molecule has 0 saturated carbocycles. The molecule has 0 aromatic rings. The summed E-state index contributed by atoms with van der Waals surface area (Å²) in [7, 11) is 0. The lowest BCUT2D eigenvalue weighted by Crippen LogP contribution is -2.51. The fraction of sp³-hybridized carbons (Fsp3) is 0.867. The van der Waals surface area contributed by atoms with E-state index in [1.165, 1.54) is 24.2 Å². The van der Waals surface area contributed by atoms with Crippen LogP contribution in [0.25, 0.3) is 0 Å². The molecule has 2 aliphatic rings. The van der Waals surface area contributed by atoms with Gasteiger partial charge in [0.1, 0.15) is 6.04 Å². The standard InChI is InChI=1S/C15H28N4O2/c1-2-18(12-11-17-8-4-3-5-9-17)14(20)13-7-6-10-19(13)15(16)21/h13H,2-12H2,1H3,(H2,16,21)/t13-/m0/s1. The maximum atomic E-state index is 12.6. The minimum absolute atomic E-state index is 0.0609. The SMILES string of the molecule is CCN(CCN1CCCCC1)C(=O)[C@@H]1CCCN1C(N)=O. The second-order valence-electron chi connectivity index (χ2n) is 6.01. The van der Waals surface area contributed by atoms with E-state index in [0.29, 0.717) is 13.1 Å². The van der Waals surface area contributed by atoms with Gasteiger partial charge in [0.2, 0.25) is 5.91 Å². The Morgan fingerprint density at radius 1 is 1.14 bits per heavy atom. The largest absolute Gasteiger partial charge is 0.351 e. The molecule has 0 aromatic carbocycles. The maximum Gasteiger partial charge on any atom is 0.315 e. The van der Waals surface area contributed by atoms with Gasteiger partial charge >= 0.3 is 6.03 Å². The van der Waals surface area contributed by atoms with Gasteiger partial charge in [-0.15, -0.1) is 0 Å². The molecule has 3 amide bonds. The van der Waals surface area contributed by atoms with Crippen LogP contribution >= 0.6 is 0 Å². The number of likely N-dealkylation sites (tertiary alicyclic amines) is 2. The number of nitrogens with two attached hydrogens (primary N) is 1. The van der Waals surface area contributed by atoms with E-state index in [4.69, 9.17) is 5.73 Å². The Kier molecular flexibility index (Phi) is 5.85. The van der Waals surface area contributed by atoms with Gasteiger partial charge in [-0.05, 0) is 45.7 Å². The number of carbonyl (C=O) groups is 2. The fourth-order valence-corrected chi connectivity index (χ4v) is 3.37. The zero-order chi connectivity index (χ0) is 15.2. The molecule has 0 unspecified atom stereocenters. The van der Waals surface area contributed by atoms with Gasteiger partial charge in [-0.2, -0.15) is 0 Å². The van der Waals surface area contributed by atoms with Crippen molar-refractivity contribution in [3.8, 4) is 0 Å². The predicted molar refractivity (Wildman–Crippen MR) is 81.9 cm³/mol. The minimum Gasteiger partial charge on any atom is -0.351 e. The monoisotopic (exact) mass is 296 g/mol. The van der Waals surface area contributed by atoms with E-state index in [9.17, 15) is 9.59 Å². The number of hydrogen-bond acceptors (Lipinski definition) is 3. The van der Waals surface area contributed by atoms with Gasteiger partial charge in [0.05, 0.1) is 0 Å². The van der Waals surface area contributed by atoms with Crippen LogP contribution in [-0.2, 0) is 4.79 Å². The lowest BCUT2D eigenvalue weighted by molar-refractivity contribution is -0.135. The fourth-order valence-electron chi connectivity index (χ4n) is 3.37. The summed E-state index contributed by atoms with van der Waals surface area (Å²) in [5.74, 6) is 0.0609. The normalized spacial score (nSPS) is 23.3. The summed E-state index contributed by atoms with van der Waals surface area (Å²) in [6.07, 6.45) is 5.45. The van der Waals surface area contributed by atoms with Crippen molar-refractivity contribution >= 4 is 11.9 Å². The molecule has 6 heteroatoms. The highest BCUT2D eigenvalue weighted by Crippen LogP contribution is 2.19. The molecule has 21 heavy (non-hydrogen) atoms. The average molecular weight is 296 g/mol. The van der Waals surface area contributed by atoms with E-state index >= 15 is 0 Å². The molecule has 6 nitrogen and oxygen atoms in total. The number of urea groups is 1. The highest BCUT2D eigenvalue weighted by atomic mass is 16.2. The smallest absolute Gasteiger partial charge is 0.315 e. The highest BCUT2D eigenvalue weighted by molar-refractivity contribution is 5.87. The molecule has 2 aliphatic heterocycles. The summed E-state index contributed by atoms with van der Waals surface area (Å²) in [6.45, 7) is 7.26. The number of nitrogens with zero attached hydrogens (tertiary/aromatic N) is 3. The second-order valence-corrected chi connectivity index (χ2v) is 6.01. The van der Waals surface area contributed by atoms with Gasteiger partial charge in [0, 0.05) is 26.2 Å². The first-order valence-electron chi connectivity index (χ1n) is 8.20. The molecule has 2 fully saturated rings. The van der Waals surface area contributed by atoms with Crippen LogP contribution < -0.4 is 5.73 Å². The topological polar surface area (TPSA) is 69.9 Å². The quantitative estimate of drug-likeness (QED) is 0.818. The van der Waals surface area contributed by atoms with Crippen LogP contribution in [0.15, 0.2) is 0 Å². The van der Waals surface area contributed by atoms with Crippen LogP contribution in [0.1, 0.15) is 39.0 Å². The Balaban J connectivity index is 1.87. The van der Waals surface area contributed by atoms with E-state index in [2.05, 4.69) is 4.90 Å². The molecule has 2 rings (SSSR count). The maximum absolute atomic E-state index is 12.6. The molecule has 0 radical (unpaired) electrons. The van der Waals surface area contributed by atoms with Crippen molar-refractivity contribution in [1.82, 2.24) is 14.7 Å². The van der Waals surface area contributed by atoms with Gasteiger partial charge in [-0.3, -0.25) is 4.79 Å². The van der Waals surface area contributed by atoms with Crippen molar-refractivity contribution in [2.75, 3.05) is 39.3 Å². The zero-order valence-electron chi connectivity index (χ0n) is 13.1. The number of hydrogen-bond donors (Lipinski definition) is 1. The van der Waals surface area contributed by atoms with E-state index < -0.39 is 6.03 Å². The summed E-state index contributed by atoms with van der Waals surface area (Å²) < 4.78 is 0. The Bertz CT molecular complexity index is 369. The molecule has 0 aliphatic carbocycles. The Morgan fingerprint density at radius 2 is 1.86 bits per heavy atom. The number of piperidine rings is 1. The van der Waals surface area contributed by atoms with E-state index in [0.717, 1.165) is 39.0 Å². The van der Waals surface area contributed by atoms with Crippen molar-refractivity contribution in [2.24, 2.45) is 5.73 Å². The number of carbonyl (C=O) groups excluding carboxylic acids is 2. The first-order valence-corrected chi connectivity index (χ1v) is 8.20. The molecule has 2 saturated heterocycles. The second kappa shape index (κ2) is 7.64. The number of primary amides is 1. The van der Waals surface area contributed by atoms with Crippen molar-refractivity contribution in [2.45, 2.75) is 45.1 Å². The minimum atomic E-state index is -0.474. The third-order valence-corrected chi connectivity index (χ3v) is 4.65. The predicted octanol–water partition coefficient (Wildman–Crippen LogP) is 0.864. The highest BCUT2D eigenvalue weighted by Gasteiger charge is 2.35. The molecule has 1 atom stereocenters. The lowest BCUT2D eigenvalue weighted by Gasteiger charge is -2.32. The Hall–Kier alpha value is -1.30. The van der Waals surface area contributed by atoms with Gasteiger partial charge in [0.25, 0.3) is 0 Å². The van der Waals surface area contributed by atoms with Gasteiger partial charge in [0.15, 0.2) is 0 Å². The number of rotatable bonds is 5. The van der Waals surface area contributed by atoms with Crippen molar-refractivity contribution < 1.29 is 9.59 Å². The van der Waals surface area contributed by atoms with Gasteiger partial charge < -0.3 is 20.4 Å². The van der Waals surface area contributed by atoms with Crippen LogP contribution in [0.4, 0.5) is 4.79 Å². The zero-order valence-corrected chi connectivity index (χ0v) is 13.1. The molecule has 0 spiro atoms. The number of likely N-dealkylation sites (N-methyl/N-ethyl adjacent to an activating group) is 1. The molecular formula is C15H28N4O2. The summed E-state index contributed by atoms with van der Waals surface area (Å²) in [5.41, 5.74) is 5.37.